The molecule has 10 rings (SSSR count). The van der Waals surface area contributed by atoms with Gasteiger partial charge >= 0.3 is 0 Å². The highest BCUT2D eigenvalue weighted by molar-refractivity contribution is 6.25. The average molecular weight is 687 g/mol. The second-order valence-corrected chi connectivity index (χ2v) is 13.8. The van der Waals surface area contributed by atoms with Gasteiger partial charge in [-0.2, -0.15) is 0 Å². The van der Waals surface area contributed by atoms with Crippen LogP contribution >= 0.6 is 0 Å². The largest absolute Gasteiger partial charge is 0.228 e. The summed E-state index contributed by atoms with van der Waals surface area (Å²) in [5.74, 6) is 0.694. The summed E-state index contributed by atoms with van der Waals surface area (Å²) in [7, 11) is 0. The summed E-state index contributed by atoms with van der Waals surface area (Å²) in [6, 6.07) is 73.4. The minimum absolute atomic E-state index is 0.694. The first-order valence-electron chi connectivity index (χ1n) is 18.4. The minimum atomic E-state index is 0.694. The Morgan fingerprint density at radius 3 is 1.07 bits per heavy atom. The molecule has 2 heteroatoms. The quantitative estimate of drug-likeness (QED) is 0.163. The van der Waals surface area contributed by atoms with Gasteiger partial charge in [-0.05, 0) is 96.0 Å². The summed E-state index contributed by atoms with van der Waals surface area (Å²) in [6.45, 7) is 0. The molecule has 2 nitrogen and oxygen atoms in total. The predicted molar refractivity (Wildman–Crippen MR) is 227 cm³/mol. The Hall–Kier alpha value is -7.16. The third-order valence-corrected chi connectivity index (χ3v) is 10.5. The molecular formula is C52H34N2. The van der Waals surface area contributed by atoms with E-state index in [1.807, 2.05) is 6.07 Å². The van der Waals surface area contributed by atoms with Crippen molar-refractivity contribution in [3.8, 4) is 67.3 Å². The van der Waals surface area contributed by atoms with Crippen LogP contribution in [0.15, 0.2) is 206 Å². The molecule has 0 saturated heterocycles. The monoisotopic (exact) mass is 686 g/mol. The van der Waals surface area contributed by atoms with Crippen LogP contribution in [0.2, 0.25) is 0 Å². The molecule has 0 aliphatic carbocycles. The lowest BCUT2D eigenvalue weighted by molar-refractivity contribution is 1.18. The van der Waals surface area contributed by atoms with Crippen LogP contribution < -0.4 is 0 Å². The number of nitrogens with zero attached hydrogens (tertiary/aromatic N) is 2. The highest BCUT2D eigenvalue weighted by Crippen LogP contribution is 2.38. The summed E-state index contributed by atoms with van der Waals surface area (Å²) in [4.78, 5) is 10.5. The van der Waals surface area contributed by atoms with Gasteiger partial charge in [-0.1, -0.05) is 176 Å². The van der Waals surface area contributed by atoms with E-state index in [4.69, 9.17) is 9.97 Å². The molecule has 0 amide bonds. The molecule has 0 unspecified atom stereocenters. The molecule has 0 aliphatic rings. The molecule has 0 spiro atoms. The number of fused-ring (bicyclic) bond motifs is 6. The zero-order valence-electron chi connectivity index (χ0n) is 29.5. The van der Waals surface area contributed by atoms with Crippen molar-refractivity contribution in [1.29, 1.82) is 0 Å². The maximum absolute atomic E-state index is 5.26. The highest BCUT2D eigenvalue weighted by atomic mass is 14.9. The van der Waals surface area contributed by atoms with Gasteiger partial charge in [0.1, 0.15) is 0 Å². The summed E-state index contributed by atoms with van der Waals surface area (Å²) >= 11 is 0. The Kier molecular flexibility index (Phi) is 7.85. The third-order valence-electron chi connectivity index (χ3n) is 10.5. The molecule has 0 atom stereocenters. The smallest absolute Gasteiger partial charge is 0.160 e. The third kappa shape index (κ3) is 5.81. The average Bonchev–Trinajstić information content (AvgIpc) is 3.27. The highest BCUT2D eigenvalue weighted by Gasteiger charge is 2.14. The van der Waals surface area contributed by atoms with Gasteiger partial charge in [0.2, 0.25) is 0 Å². The molecular weight excluding hydrogens is 653 g/mol. The number of hydrogen-bond donors (Lipinski definition) is 0. The van der Waals surface area contributed by atoms with E-state index in [9.17, 15) is 0 Å². The Morgan fingerprint density at radius 1 is 0.204 bits per heavy atom. The van der Waals surface area contributed by atoms with Crippen LogP contribution in [0.5, 0.6) is 0 Å². The first-order chi connectivity index (χ1) is 26.7. The van der Waals surface area contributed by atoms with E-state index >= 15 is 0 Å². The first-order valence-corrected chi connectivity index (χ1v) is 18.4. The summed E-state index contributed by atoms with van der Waals surface area (Å²) in [5.41, 5.74) is 11.8. The first kappa shape index (κ1) is 31.6. The van der Waals surface area contributed by atoms with Crippen LogP contribution in [0.3, 0.4) is 0 Å². The fourth-order valence-corrected chi connectivity index (χ4v) is 7.77. The molecule has 0 bridgehead atoms. The molecule has 0 saturated carbocycles. The molecule has 252 valence electrons. The second-order valence-electron chi connectivity index (χ2n) is 13.8. The Morgan fingerprint density at radius 2 is 0.556 bits per heavy atom. The van der Waals surface area contributed by atoms with Crippen LogP contribution in [-0.2, 0) is 0 Å². The Balaban J connectivity index is 1.12. The minimum Gasteiger partial charge on any atom is -0.228 e. The lowest BCUT2D eigenvalue weighted by Gasteiger charge is -2.13. The molecule has 10 aromatic rings. The predicted octanol–water partition coefficient (Wildman–Crippen LogP) is 13.9. The van der Waals surface area contributed by atoms with Gasteiger partial charge < -0.3 is 0 Å². The van der Waals surface area contributed by atoms with Crippen LogP contribution in [0.25, 0.3) is 99.6 Å². The molecule has 0 aliphatic heterocycles. The van der Waals surface area contributed by atoms with Gasteiger partial charge in [0.15, 0.2) is 5.82 Å². The van der Waals surface area contributed by atoms with Crippen molar-refractivity contribution < 1.29 is 0 Å². The molecule has 0 radical (unpaired) electrons. The fourth-order valence-electron chi connectivity index (χ4n) is 7.77. The maximum Gasteiger partial charge on any atom is 0.160 e. The van der Waals surface area contributed by atoms with Crippen molar-refractivity contribution >= 4 is 32.3 Å². The van der Waals surface area contributed by atoms with Crippen LogP contribution in [-0.4, -0.2) is 9.97 Å². The molecule has 1 aromatic heterocycles. The summed E-state index contributed by atoms with van der Waals surface area (Å²) in [5, 5.41) is 7.64. The van der Waals surface area contributed by atoms with Gasteiger partial charge in [-0.25, -0.2) is 9.97 Å². The topological polar surface area (TPSA) is 25.8 Å². The van der Waals surface area contributed by atoms with E-state index in [0.29, 0.717) is 5.82 Å². The zero-order valence-corrected chi connectivity index (χ0v) is 29.5. The van der Waals surface area contributed by atoms with Crippen molar-refractivity contribution in [2.75, 3.05) is 0 Å². The molecule has 9 aromatic carbocycles. The lowest BCUT2D eigenvalue weighted by Crippen LogP contribution is -1.96. The van der Waals surface area contributed by atoms with Crippen molar-refractivity contribution in [1.82, 2.24) is 9.97 Å². The van der Waals surface area contributed by atoms with Gasteiger partial charge in [0.05, 0.1) is 11.4 Å². The van der Waals surface area contributed by atoms with E-state index in [0.717, 1.165) is 50.3 Å². The number of benzene rings is 9. The van der Waals surface area contributed by atoms with E-state index in [-0.39, 0.29) is 0 Å². The lowest BCUT2D eigenvalue weighted by atomic mass is 9.91. The molecule has 54 heavy (non-hydrogen) atoms. The number of hydrogen-bond acceptors (Lipinski definition) is 2. The summed E-state index contributed by atoms with van der Waals surface area (Å²) in [6.07, 6.45) is 0. The summed E-state index contributed by atoms with van der Waals surface area (Å²) < 4.78 is 0. The number of aromatic nitrogens is 2. The van der Waals surface area contributed by atoms with Crippen molar-refractivity contribution in [3.05, 3.63) is 206 Å². The standard InChI is InChI=1S/C52H34N2/c1-3-14-35(15-4-1)37-18-11-21-41(30-37)50-34-51(54-52(53-50)43-23-13-19-38(32-43)36-16-5-2-6-17-36)42-22-12-20-39(31-42)40-28-29-48-46-26-8-7-24-44(46)45-25-9-10-27-47(45)49(48)33-40/h1-34H. The Labute approximate surface area is 314 Å². The van der Waals surface area contributed by atoms with Crippen LogP contribution in [0.4, 0.5) is 0 Å². The van der Waals surface area contributed by atoms with Crippen LogP contribution in [0.1, 0.15) is 0 Å². The maximum atomic E-state index is 5.26. The van der Waals surface area contributed by atoms with E-state index in [1.54, 1.807) is 0 Å². The second kappa shape index (κ2) is 13.4. The normalized spacial score (nSPS) is 11.3. The fraction of sp³-hybridized carbons (Fsp3) is 0. The Bertz CT molecular complexity index is 2850. The SMILES string of the molecule is c1ccc(-c2cccc(-c3cc(-c4cccc(-c5ccc6c7ccccc7c7ccccc7c6c5)c4)nc(-c4cccc(-c5ccccc5)c4)n3)c2)cc1. The van der Waals surface area contributed by atoms with E-state index in [2.05, 4.69) is 200 Å². The van der Waals surface area contributed by atoms with Gasteiger partial charge in [-0.15, -0.1) is 0 Å². The van der Waals surface area contributed by atoms with Crippen molar-refractivity contribution in [2.24, 2.45) is 0 Å². The molecule has 1 heterocycles. The van der Waals surface area contributed by atoms with Crippen LogP contribution in [0, 0.1) is 0 Å². The molecule has 0 N–H and O–H groups in total. The van der Waals surface area contributed by atoms with Gasteiger partial charge in [0, 0.05) is 16.7 Å². The van der Waals surface area contributed by atoms with E-state index in [1.165, 1.54) is 43.4 Å². The van der Waals surface area contributed by atoms with Gasteiger partial charge in [-0.3, -0.25) is 0 Å². The van der Waals surface area contributed by atoms with Gasteiger partial charge in [0.25, 0.3) is 0 Å². The van der Waals surface area contributed by atoms with E-state index < -0.39 is 0 Å². The number of rotatable bonds is 6. The zero-order chi connectivity index (χ0) is 35.8. The molecule has 0 fully saturated rings. The van der Waals surface area contributed by atoms with Crippen molar-refractivity contribution in [2.45, 2.75) is 0 Å². The van der Waals surface area contributed by atoms with Crippen molar-refractivity contribution in [3.63, 3.8) is 0 Å².